The lowest BCUT2D eigenvalue weighted by Gasteiger charge is -2.32. The highest BCUT2D eigenvalue weighted by atomic mass is 35.5. The van der Waals surface area contributed by atoms with Crippen LogP contribution in [0.3, 0.4) is 0 Å². The Morgan fingerprint density at radius 3 is 2.80 bits per heavy atom. The van der Waals surface area contributed by atoms with Crippen LogP contribution in [0.15, 0.2) is 30.9 Å². The Kier molecular flexibility index (Phi) is 8.28. The van der Waals surface area contributed by atoms with Crippen LogP contribution in [0.25, 0.3) is 32.1 Å². The number of hydrogen-bond acceptors (Lipinski definition) is 9. The molecular formula is C32H32ClF2N7O2S. The van der Waals surface area contributed by atoms with E-state index < -0.39 is 11.6 Å². The summed E-state index contributed by atoms with van der Waals surface area (Å²) >= 11 is 7.74. The number of likely N-dealkylation sites (tertiary alicyclic amines) is 2. The summed E-state index contributed by atoms with van der Waals surface area (Å²) in [5.74, 6) is -1.10. The SMILES string of the molecule is C=CC(=O)N1CCC(N(C)c2nc(OCC3CCCN3C)nc3c(F)c(-c4ccc(F)c5sc(N)c(C#N)c45)c(Cl)cc23)C1C. The first-order valence-corrected chi connectivity index (χ1v) is 15.8. The van der Waals surface area contributed by atoms with Gasteiger partial charge in [-0.25, -0.2) is 8.78 Å². The van der Waals surface area contributed by atoms with Crippen LogP contribution >= 0.6 is 22.9 Å². The fourth-order valence-corrected chi connectivity index (χ4v) is 7.88. The molecule has 2 aromatic heterocycles. The molecule has 2 aliphatic rings. The zero-order chi connectivity index (χ0) is 32.2. The second kappa shape index (κ2) is 12.0. The Labute approximate surface area is 268 Å². The minimum Gasteiger partial charge on any atom is -0.462 e. The second-order valence-electron chi connectivity index (χ2n) is 11.6. The van der Waals surface area contributed by atoms with Crippen molar-refractivity contribution < 1.29 is 18.3 Å². The number of halogens is 3. The van der Waals surface area contributed by atoms with Gasteiger partial charge < -0.3 is 25.2 Å². The standard InChI is InChI=1S/C32H32ClF2N7O2S/c1-5-24(43)42-12-10-23(16(42)2)41(4)31-19-13-21(33)26(18-8-9-22(34)29-25(18)20(14-36)30(37)45-29)27(35)28(19)38-32(39-31)44-15-17-7-6-11-40(17)3/h5,8-9,13,16-17,23H,1,6-7,10-12,15,37H2,2-4H3. The van der Waals surface area contributed by atoms with Gasteiger partial charge in [0.15, 0.2) is 5.82 Å². The number of carbonyl (C=O) groups excluding carboxylic acids is 1. The smallest absolute Gasteiger partial charge is 0.319 e. The number of carbonyl (C=O) groups is 1. The first kappa shape index (κ1) is 31.0. The van der Waals surface area contributed by atoms with E-state index in [-0.39, 0.29) is 72.4 Å². The third kappa shape index (κ3) is 5.22. The van der Waals surface area contributed by atoms with E-state index >= 15 is 4.39 Å². The van der Waals surface area contributed by atoms with E-state index in [1.54, 1.807) is 11.0 Å². The number of ether oxygens (including phenoxy) is 1. The van der Waals surface area contributed by atoms with Gasteiger partial charge in [0.2, 0.25) is 5.91 Å². The Bertz CT molecular complexity index is 1890. The number of rotatable bonds is 7. The van der Waals surface area contributed by atoms with Crippen LogP contribution in [0.2, 0.25) is 5.02 Å². The molecule has 2 fully saturated rings. The minimum atomic E-state index is -0.762. The maximum absolute atomic E-state index is 16.9. The topological polar surface area (TPSA) is 112 Å². The molecule has 2 N–H and O–H groups in total. The van der Waals surface area contributed by atoms with Crippen molar-refractivity contribution in [3.05, 3.63) is 53.1 Å². The lowest BCUT2D eigenvalue weighted by Crippen LogP contribution is -2.43. The van der Waals surface area contributed by atoms with Gasteiger partial charge in [-0.3, -0.25) is 4.79 Å². The largest absolute Gasteiger partial charge is 0.462 e. The van der Waals surface area contributed by atoms with Crippen LogP contribution in [-0.4, -0.2) is 77.6 Å². The lowest BCUT2D eigenvalue weighted by molar-refractivity contribution is -0.126. The van der Waals surface area contributed by atoms with Crippen LogP contribution in [0.4, 0.5) is 19.6 Å². The van der Waals surface area contributed by atoms with Gasteiger partial charge in [-0.05, 0) is 63.6 Å². The maximum Gasteiger partial charge on any atom is 0.319 e. The normalized spacial score (nSPS) is 20.2. The summed E-state index contributed by atoms with van der Waals surface area (Å²) in [6, 6.07) is 6.06. The van der Waals surface area contributed by atoms with E-state index in [2.05, 4.69) is 16.5 Å². The van der Waals surface area contributed by atoms with Crippen molar-refractivity contribution in [2.45, 2.75) is 44.3 Å². The zero-order valence-electron chi connectivity index (χ0n) is 25.1. The fourth-order valence-electron chi connectivity index (χ4n) is 6.64. The molecule has 6 rings (SSSR count). The van der Waals surface area contributed by atoms with E-state index in [4.69, 9.17) is 27.1 Å². The molecule has 0 aliphatic carbocycles. The number of nitrogen functional groups attached to an aromatic ring is 1. The first-order chi connectivity index (χ1) is 21.5. The highest BCUT2D eigenvalue weighted by Crippen LogP contribution is 2.46. The Morgan fingerprint density at radius 2 is 2.11 bits per heavy atom. The number of nitriles is 1. The summed E-state index contributed by atoms with van der Waals surface area (Å²) in [5.41, 5.74) is 6.26. The van der Waals surface area contributed by atoms with Crippen molar-refractivity contribution >= 4 is 60.7 Å². The van der Waals surface area contributed by atoms with Crippen LogP contribution < -0.4 is 15.4 Å². The van der Waals surface area contributed by atoms with Crippen molar-refractivity contribution in [3.63, 3.8) is 0 Å². The van der Waals surface area contributed by atoms with E-state index in [9.17, 15) is 14.4 Å². The van der Waals surface area contributed by atoms with Crippen LogP contribution in [0, 0.1) is 23.0 Å². The maximum atomic E-state index is 16.9. The quantitative estimate of drug-likeness (QED) is 0.243. The molecule has 0 saturated carbocycles. The molecule has 4 aromatic rings. The van der Waals surface area contributed by atoms with Crippen LogP contribution in [-0.2, 0) is 4.79 Å². The molecule has 9 nitrogen and oxygen atoms in total. The first-order valence-electron chi connectivity index (χ1n) is 14.6. The average molecular weight is 652 g/mol. The fraction of sp³-hybridized carbons (Fsp3) is 0.375. The summed E-state index contributed by atoms with van der Waals surface area (Å²) in [4.78, 5) is 27.6. The van der Waals surface area contributed by atoms with Crippen LogP contribution in [0.1, 0.15) is 31.7 Å². The molecule has 3 unspecified atom stereocenters. The monoisotopic (exact) mass is 651 g/mol. The van der Waals surface area contributed by atoms with E-state index in [0.29, 0.717) is 30.8 Å². The predicted octanol–water partition coefficient (Wildman–Crippen LogP) is 5.98. The number of nitrogens with two attached hydrogens (primary N) is 1. The predicted molar refractivity (Wildman–Crippen MR) is 174 cm³/mol. The Balaban J connectivity index is 1.52. The van der Waals surface area contributed by atoms with Gasteiger partial charge in [0.1, 0.15) is 34.8 Å². The zero-order valence-corrected chi connectivity index (χ0v) is 26.7. The summed E-state index contributed by atoms with van der Waals surface area (Å²) in [7, 11) is 3.87. The molecule has 2 saturated heterocycles. The van der Waals surface area contributed by atoms with E-state index in [1.807, 2.05) is 32.0 Å². The molecule has 2 aromatic carbocycles. The number of anilines is 2. The number of thiophene rings is 1. The van der Waals surface area contributed by atoms with Gasteiger partial charge in [-0.15, -0.1) is 11.3 Å². The van der Waals surface area contributed by atoms with Crippen LogP contribution in [0.5, 0.6) is 6.01 Å². The van der Waals surface area contributed by atoms with E-state index in [1.165, 1.54) is 18.2 Å². The molecule has 13 heteroatoms. The lowest BCUT2D eigenvalue weighted by atomic mass is 9.97. The summed E-state index contributed by atoms with van der Waals surface area (Å²) in [6.07, 6.45) is 3.97. The van der Waals surface area contributed by atoms with Gasteiger partial charge >= 0.3 is 6.01 Å². The summed E-state index contributed by atoms with van der Waals surface area (Å²) < 4.78 is 37.9. The number of hydrogen-bond donors (Lipinski definition) is 1. The Hall–Kier alpha value is -4.05. The number of fused-ring (bicyclic) bond motifs is 2. The molecule has 0 spiro atoms. The van der Waals surface area contributed by atoms with Gasteiger partial charge in [0.25, 0.3) is 0 Å². The summed E-state index contributed by atoms with van der Waals surface area (Å²) in [5, 5.41) is 10.5. The average Bonchev–Trinajstić information content (AvgIpc) is 3.72. The third-order valence-corrected chi connectivity index (χ3v) is 10.4. The highest BCUT2D eigenvalue weighted by molar-refractivity contribution is 7.23. The van der Waals surface area contributed by atoms with Crippen molar-refractivity contribution in [2.24, 2.45) is 0 Å². The summed E-state index contributed by atoms with van der Waals surface area (Å²) in [6.45, 7) is 7.40. The Morgan fingerprint density at radius 1 is 1.33 bits per heavy atom. The number of benzene rings is 2. The van der Waals surface area contributed by atoms with Crippen molar-refractivity contribution in [3.8, 4) is 23.2 Å². The van der Waals surface area contributed by atoms with Gasteiger partial charge in [0, 0.05) is 42.0 Å². The van der Waals surface area contributed by atoms with Crippen molar-refractivity contribution in [2.75, 3.05) is 44.4 Å². The molecule has 1 amide bonds. The second-order valence-corrected chi connectivity index (χ2v) is 13.0. The molecule has 0 bridgehead atoms. The number of nitrogens with zero attached hydrogens (tertiary/aromatic N) is 6. The molecular weight excluding hydrogens is 620 g/mol. The van der Waals surface area contributed by atoms with Crippen molar-refractivity contribution in [1.29, 1.82) is 5.26 Å². The minimum absolute atomic E-state index is 0.00300. The number of aromatic nitrogens is 2. The molecule has 45 heavy (non-hydrogen) atoms. The molecule has 2 aliphatic heterocycles. The number of likely N-dealkylation sites (N-methyl/N-ethyl adjacent to an activating group) is 2. The third-order valence-electron chi connectivity index (χ3n) is 9.12. The molecule has 0 radical (unpaired) electrons. The van der Waals surface area contributed by atoms with Gasteiger partial charge in [-0.2, -0.15) is 15.2 Å². The van der Waals surface area contributed by atoms with Gasteiger partial charge in [0.05, 0.1) is 21.3 Å². The van der Waals surface area contributed by atoms with E-state index in [0.717, 1.165) is 30.7 Å². The molecule has 234 valence electrons. The molecule has 3 atom stereocenters. The van der Waals surface area contributed by atoms with Gasteiger partial charge in [-0.1, -0.05) is 24.2 Å². The highest BCUT2D eigenvalue weighted by Gasteiger charge is 2.37. The molecule has 4 heterocycles. The van der Waals surface area contributed by atoms with Crippen molar-refractivity contribution in [1.82, 2.24) is 19.8 Å². The number of amides is 1.